The molecule has 0 aromatic heterocycles. The van der Waals surface area contributed by atoms with Crippen LogP contribution in [0.25, 0.3) is 0 Å². The summed E-state index contributed by atoms with van der Waals surface area (Å²) in [5.41, 5.74) is 6.80. The first kappa shape index (κ1) is 17.4. The lowest BCUT2D eigenvalue weighted by Crippen LogP contribution is -2.39. The highest BCUT2D eigenvalue weighted by molar-refractivity contribution is 6.30. The van der Waals surface area contributed by atoms with Crippen molar-refractivity contribution in [2.45, 2.75) is 52.1 Å². The molecule has 0 saturated carbocycles. The number of benzene rings is 1. The van der Waals surface area contributed by atoms with Crippen LogP contribution in [-0.4, -0.2) is 24.0 Å². The molecule has 1 rings (SSSR count). The second kappa shape index (κ2) is 8.60. The van der Waals surface area contributed by atoms with Crippen molar-refractivity contribution in [3.63, 3.8) is 0 Å². The summed E-state index contributed by atoms with van der Waals surface area (Å²) in [7, 11) is 0. The molecule has 0 saturated heterocycles. The summed E-state index contributed by atoms with van der Waals surface area (Å²) >= 11 is 5.96. The van der Waals surface area contributed by atoms with Crippen molar-refractivity contribution in [1.82, 2.24) is 4.90 Å². The Morgan fingerprint density at radius 2 is 1.95 bits per heavy atom. The van der Waals surface area contributed by atoms with E-state index >= 15 is 0 Å². The fraction of sp³-hybridized carbons (Fsp3) is 0.625. The van der Waals surface area contributed by atoms with Gasteiger partial charge in [0.1, 0.15) is 5.82 Å². The maximum Gasteiger partial charge on any atom is 0.125 e. The fourth-order valence-electron chi connectivity index (χ4n) is 2.55. The van der Waals surface area contributed by atoms with Crippen LogP contribution in [0.1, 0.15) is 51.6 Å². The third-order valence-corrected chi connectivity index (χ3v) is 3.79. The highest BCUT2D eigenvalue weighted by atomic mass is 35.5. The first-order valence-electron chi connectivity index (χ1n) is 7.41. The Morgan fingerprint density at radius 1 is 1.25 bits per heavy atom. The molecule has 2 N–H and O–H groups in total. The molecule has 2 nitrogen and oxygen atoms in total. The highest BCUT2D eigenvalue weighted by Crippen LogP contribution is 2.26. The zero-order valence-corrected chi connectivity index (χ0v) is 13.5. The molecule has 20 heavy (non-hydrogen) atoms. The molecule has 0 amide bonds. The van der Waals surface area contributed by atoms with Crippen LogP contribution in [0.3, 0.4) is 0 Å². The summed E-state index contributed by atoms with van der Waals surface area (Å²) < 4.78 is 13.6. The van der Waals surface area contributed by atoms with Gasteiger partial charge in [-0.15, -0.1) is 0 Å². The van der Waals surface area contributed by atoms with Crippen molar-refractivity contribution in [3.8, 4) is 0 Å². The van der Waals surface area contributed by atoms with E-state index in [1.165, 1.54) is 18.9 Å². The predicted molar refractivity (Wildman–Crippen MR) is 84.6 cm³/mol. The number of hydrogen-bond acceptors (Lipinski definition) is 2. The van der Waals surface area contributed by atoms with Crippen molar-refractivity contribution in [2.75, 3.05) is 13.1 Å². The van der Waals surface area contributed by atoms with E-state index in [1.807, 2.05) is 6.07 Å². The molecule has 0 bridgehead atoms. The zero-order valence-electron chi connectivity index (χ0n) is 12.7. The van der Waals surface area contributed by atoms with Crippen LogP contribution in [0, 0.1) is 5.82 Å². The van der Waals surface area contributed by atoms with Gasteiger partial charge in [-0.3, -0.25) is 4.90 Å². The molecule has 1 atom stereocenters. The van der Waals surface area contributed by atoms with Crippen LogP contribution in [-0.2, 0) is 0 Å². The Balaban J connectivity index is 2.93. The first-order valence-corrected chi connectivity index (χ1v) is 7.79. The van der Waals surface area contributed by atoms with Gasteiger partial charge in [0.2, 0.25) is 0 Å². The van der Waals surface area contributed by atoms with Crippen molar-refractivity contribution in [3.05, 3.63) is 34.6 Å². The van der Waals surface area contributed by atoms with Crippen LogP contribution in [0.15, 0.2) is 18.2 Å². The highest BCUT2D eigenvalue weighted by Gasteiger charge is 2.22. The van der Waals surface area contributed by atoms with Gasteiger partial charge in [-0.1, -0.05) is 31.4 Å². The second-order valence-corrected chi connectivity index (χ2v) is 5.93. The van der Waals surface area contributed by atoms with Crippen LogP contribution >= 0.6 is 11.6 Å². The normalized spacial score (nSPS) is 13.2. The minimum atomic E-state index is -0.303. The molecule has 0 aliphatic carbocycles. The molecule has 0 aliphatic rings. The van der Waals surface area contributed by atoms with Crippen molar-refractivity contribution in [2.24, 2.45) is 5.73 Å². The van der Waals surface area contributed by atoms with Gasteiger partial charge >= 0.3 is 0 Å². The summed E-state index contributed by atoms with van der Waals surface area (Å²) in [6, 6.07) is 5.06. The number of hydrogen-bond donors (Lipinski definition) is 1. The Kier molecular flexibility index (Phi) is 7.49. The topological polar surface area (TPSA) is 29.3 Å². The van der Waals surface area contributed by atoms with E-state index in [1.54, 1.807) is 6.07 Å². The molecule has 0 aliphatic heterocycles. The monoisotopic (exact) mass is 300 g/mol. The van der Waals surface area contributed by atoms with Gasteiger partial charge in [-0.25, -0.2) is 4.39 Å². The van der Waals surface area contributed by atoms with E-state index < -0.39 is 0 Å². The van der Waals surface area contributed by atoms with Crippen LogP contribution in [0.4, 0.5) is 4.39 Å². The number of unbranched alkanes of at least 4 members (excludes halogenated alkanes) is 2. The van der Waals surface area contributed by atoms with Crippen LogP contribution < -0.4 is 5.73 Å². The molecular weight excluding hydrogens is 275 g/mol. The summed E-state index contributed by atoms with van der Waals surface area (Å²) in [5.74, 6) is -0.303. The van der Waals surface area contributed by atoms with E-state index in [0.29, 0.717) is 17.6 Å². The van der Waals surface area contributed by atoms with E-state index in [-0.39, 0.29) is 11.9 Å². The number of nitrogens with zero attached hydrogens (tertiary/aromatic N) is 1. The van der Waals surface area contributed by atoms with Gasteiger partial charge in [0.15, 0.2) is 0 Å². The average molecular weight is 301 g/mol. The summed E-state index contributed by atoms with van der Waals surface area (Å²) in [6.07, 6.45) is 3.52. The Morgan fingerprint density at radius 3 is 2.45 bits per heavy atom. The Hall–Kier alpha value is -0.640. The van der Waals surface area contributed by atoms with E-state index in [2.05, 4.69) is 25.7 Å². The second-order valence-electron chi connectivity index (χ2n) is 5.49. The minimum Gasteiger partial charge on any atom is -0.329 e. The van der Waals surface area contributed by atoms with Crippen LogP contribution in [0.2, 0.25) is 5.02 Å². The van der Waals surface area contributed by atoms with Gasteiger partial charge in [0.25, 0.3) is 0 Å². The zero-order chi connectivity index (χ0) is 15.1. The smallest absolute Gasteiger partial charge is 0.125 e. The third kappa shape index (κ3) is 5.04. The lowest BCUT2D eigenvalue weighted by molar-refractivity contribution is 0.153. The van der Waals surface area contributed by atoms with E-state index in [4.69, 9.17) is 17.3 Å². The molecule has 1 aromatic rings. The summed E-state index contributed by atoms with van der Waals surface area (Å²) in [6.45, 7) is 7.92. The summed E-state index contributed by atoms with van der Waals surface area (Å²) in [4.78, 5) is 2.33. The molecule has 0 spiro atoms. The van der Waals surface area contributed by atoms with Gasteiger partial charge in [0, 0.05) is 23.7 Å². The number of halogens is 2. The SMILES string of the molecule is CCCCCN(C(C)C)C(CN)c1cc(F)cc(Cl)c1. The van der Waals surface area contributed by atoms with Gasteiger partial charge in [0.05, 0.1) is 0 Å². The number of rotatable bonds is 8. The van der Waals surface area contributed by atoms with Gasteiger partial charge in [-0.05, 0) is 50.6 Å². The van der Waals surface area contributed by atoms with Gasteiger partial charge < -0.3 is 5.73 Å². The van der Waals surface area contributed by atoms with Gasteiger partial charge in [-0.2, -0.15) is 0 Å². The Labute approximate surface area is 127 Å². The fourth-order valence-corrected chi connectivity index (χ4v) is 2.78. The van der Waals surface area contributed by atoms with E-state index in [9.17, 15) is 4.39 Å². The lowest BCUT2D eigenvalue weighted by atomic mass is 10.0. The largest absolute Gasteiger partial charge is 0.329 e. The molecule has 1 aromatic carbocycles. The number of nitrogens with two attached hydrogens (primary N) is 1. The Bertz CT molecular complexity index is 389. The summed E-state index contributed by atoms with van der Waals surface area (Å²) in [5, 5.41) is 0.427. The molecule has 1 unspecified atom stereocenters. The lowest BCUT2D eigenvalue weighted by Gasteiger charge is -2.34. The van der Waals surface area contributed by atoms with Crippen molar-refractivity contribution >= 4 is 11.6 Å². The standard InChI is InChI=1S/C16H26ClFN2/c1-4-5-6-7-20(12(2)3)16(11-19)13-8-14(17)10-15(18)9-13/h8-10,12,16H,4-7,11,19H2,1-3H3. The van der Waals surface area contributed by atoms with Crippen molar-refractivity contribution < 1.29 is 4.39 Å². The molecule has 4 heteroatoms. The van der Waals surface area contributed by atoms with Crippen LogP contribution in [0.5, 0.6) is 0 Å². The molecular formula is C16H26ClFN2. The quantitative estimate of drug-likeness (QED) is 0.722. The third-order valence-electron chi connectivity index (χ3n) is 3.58. The maximum atomic E-state index is 13.6. The molecule has 114 valence electrons. The minimum absolute atomic E-state index is 0.0139. The predicted octanol–water partition coefficient (Wildman–Crippen LogP) is 4.38. The van der Waals surface area contributed by atoms with Crippen molar-refractivity contribution in [1.29, 1.82) is 0 Å². The molecule has 0 fully saturated rings. The van der Waals surface area contributed by atoms with E-state index in [0.717, 1.165) is 18.5 Å². The molecule has 0 radical (unpaired) electrons. The maximum absolute atomic E-state index is 13.6. The molecule has 0 heterocycles. The first-order chi connectivity index (χ1) is 9.49. The average Bonchev–Trinajstić information content (AvgIpc) is 2.36.